The smallest absolute Gasteiger partial charge is 0.347 e. The molecule has 8 heteroatoms. The van der Waals surface area contributed by atoms with E-state index in [4.69, 9.17) is 9.47 Å². The summed E-state index contributed by atoms with van der Waals surface area (Å²) in [5, 5.41) is 6.56. The molecule has 0 radical (unpaired) electrons. The predicted octanol–water partition coefficient (Wildman–Crippen LogP) is 4.01. The van der Waals surface area contributed by atoms with Crippen molar-refractivity contribution >= 4 is 29.2 Å². The number of para-hydroxylation sites is 2. The van der Waals surface area contributed by atoms with Gasteiger partial charge in [-0.2, -0.15) is 5.10 Å². The number of rotatable bonds is 6. The summed E-state index contributed by atoms with van der Waals surface area (Å²) in [6.07, 6.45) is 0. The van der Waals surface area contributed by atoms with Gasteiger partial charge in [0, 0.05) is 11.3 Å². The maximum atomic E-state index is 12.7. The summed E-state index contributed by atoms with van der Waals surface area (Å²) in [6.45, 7) is 5.42. The number of ether oxygens (including phenoxy) is 2. The molecule has 2 amide bonds. The van der Waals surface area contributed by atoms with Gasteiger partial charge in [-0.3, -0.25) is 9.59 Å². The first-order valence-electron chi connectivity index (χ1n) is 10.5. The Kier molecular flexibility index (Phi) is 7.76. The largest absolute Gasteiger partial charge is 0.496 e. The molecule has 0 spiro atoms. The number of hydrogen-bond acceptors (Lipinski definition) is 6. The van der Waals surface area contributed by atoms with Gasteiger partial charge < -0.3 is 14.8 Å². The SMILES string of the molecule is COc1ccccc1C(=O)Oc1ccccc1/C(C)=N/NC(=O)C(=O)Nc1cc(C)cc(C)c1. The third kappa shape index (κ3) is 6.07. The number of anilines is 1. The number of nitrogens with zero attached hydrogens (tertiary/aromatic N) is 1. The van der Waals surface area contributed by atoms with E-state index in [-0.39, 0.29) is 11.3 Å². The lowest BCUT2D eigenvalue weighted by Crippen LogP contribution is -2.33. The molecule has 34 heavy (non-hydrogen) atoms. The van der Waals surface area contributed by atoms with Gasteiger partial charge in [0.05, 0.1) is 12.8 Å². The van der Waals surface area contributed by atoms with Crippen LogP contribution in [0.3, 0.4) is 0 Å². The second kappa shape index (κ2) is 10.9. The molecule has 0 unspecified atom stereocenters. The molecule has 0 aromatic heterocycles. The van der Waals surface area contributed by atoms with Crippen LogP contribution in [0.25, 0.3) is 0 Å². The standard InChI is InChI=1S/C26H25N3O5/c1-16-13-17(2)15-19(14-16)27-24(30)25(31)29-28-18(3)20-9-5-8-12-23(20)34-26(32)21-10-6-7-11-22(21)33-4/h5-15H,1-4H3,(H,27,30)(H,29,31)/b28-18+. The van der Waals surface area contributed by atoms with Gasteiger partial charge in [-0.05, 0) is 68.3 Å². The number of aryl methyl sites for hydroxylation is 2. The van der Waals surface area contributed by atoms with Gasteiger partial charge >= 0.3 is 17.8 Å². The van der Waals surface area contributed by atoms with Crippen LogP contribution in [0, 0.1) is 13.8 Å². The van der Waals surface area contributed by atoms with Crippen molar-refractivity contribution in [2.75, 3.05) is 12.4 Å². The van der Waals surface area contributed by atoms with Crippen LogP contribution in [0.5, 0.6) is 11.5 Å². The highest BCUT2D eigenvalue weighted by Gasteiger charge is 2.18. The van der Waals surface area contributed by atoms with Gasteiger partial charge in [0.1, 0.15) is 17.1 Å². The predicted molar refractivity (Wildman–Crippen MR) is 129 cm³/mol. The lowest BCUT2D eigenvalue weighted by molar-refractivity contribution is -0.136. The average Bonchev–Trinajstić information content (AvgIpc) is 2.81. The van der Waals surface area contributed by atoms with Gasteiger partial charge in [0.2, 0.25) is 0 Å². The first-order chi connectivity index (χ1) is 16.3. The minimum absolute atomic E-state index is 0.244. The van der Waals surface area contributed by atoms with E-state index in [2.05, 4.69) is 15.8 Å². The monoisotopic (exact) mass is 459 g/mol. The summed E-state index contributed by atoms with van der Waals surface area (Å²) in [4.78, 5) is 37.2. The molecular formula is C26H25N3O5. The van der Waals surface area contributed by atoms with Crippen molar-refractivity contribution in [2.45, 2.75) is 20.8 Å². The fraction of sp³-hybridized carbons (Fsp3) is 0.154. The zero-order valence-corrected chi connectivity index (χ0v) is 19.3. The fourth-order valence-corrected chi connectivity index (χ4v) is 3.30. The Labute approximate surface area is 197 Å². The second-order valence-electron chi connectivity index (χ2n) is 7.55. The molecule has 8 nitrogen and oxygen atoms in total. The molecule has 2 N–H and O–H groups in total. The number of esters is 1. The van der Waals surface area contributed by atoms with Crippen LogP contribution < -0.4 is 20.2 Å². The Hall–Kier alpha value is -4.46. The summed E-state index contributed by atoms with van der Waals surface area (Å²) in [7, 11) is 1.47. The molecule has 0 saturated heterocycles. The molecule has 3 aromatic carbocycles. The van der Waals surface area contributed by atoms with Crippen LogP contribution in [0.15, 0.2) is 71.8 Å². The molecule has 0 heterocycles. The molecule has 0 atom stereocenters. The molecule has 174 valence electrons. The summed E-state index contributed by atoms with van der Waals surface area (Å²) in [5.41, 5.74) is 5.77. The van der Waals surface area contributed by atoms with Gasteiger partial charge in [-0.15, -0.1) is 0 Å². The van der Waals surface area contributed by atoms with E-state index in [1.54, 1.807) is 67.6 Å². The number of benzene rings is 3. The fourth-order valence-electron chi connectivity index (χ4n) is 3.30. The van der Waals surface area contributed by atoms with Crippen molar-refractivity contribution < 1.29 is 23.9 Å². The number of carbonyl (C=O) groups excluding carboxylic acids is 3. The lowest BCUT2D eigenvalue weighted by Gasteiger charge is -2.12. The van der Waals surface area contributed by atoms with Crippen LogP contribution >= 0.6 is 0 Å². The number of hydrogen-bond donors (Lipinski definition) is 2. The van der Waals surface area contributed by atoms with E-state index in [9.17, 15) is 14.4 Å². The number of carbonyl (C=O) groups is 3. The summed E-state index contributed by atoms with van der Waals surface area (Å²) < 4.78 is 10.8. The molecular weight excluding hydrogens is 434 g/mol. The molecule has 0 aliphatic heterocycles. The highest BCUT2D eigenvalue weighted by Crippen LogP contribution is 2.23. The zero-order chi connectivity index (χ0) is 24.7. The summed E-state index contributed by atoms with van der Waals surface area (Å²) in [5.74, 6) is -1.75. The maximum Gasteiger partial charge on any atom is 0.347 e. The van der Waals surface area contributed by atoms with Crippen molar-refractivity contribution in [1.82, 2.24) is 5.43 Å². The molecule has 0 aliphatic carbocycles. The lowest BCUT2D eigenvalue weighted by atomic mass is 10.1. The van der Waals surface area contributed by atoms with Gasteiger partial charge in [-0.25, -0.2) is 10.2 Å². The molecule has 0 saturated carbocycles. The van der Waals surface area contributed by atoms with Crippen molar-refractivity contribution in [3.05, 3.63) is 89.0 Å². The highest BCUT2D eigenvalue weighted by atomic mass is 16.5. The van der Waals surface area contributed by atoms with Gasteiger partial charge in [0.25, 0.3) is 0 Å². The van der Waals surface area contributed by atoms with E-state index in [1.165, 1.54) is 7.11 Å². The third-order valence-corrected chi connectivity index (χ3v) is 4.82. The highest BCUT2D eigenvalue weighted by molar-refractivity contribution is 6.39. The van der Waals surface area contributed by atoms with Crippen LogP contribution in [0.1, 0.15) is 34.0 Å². The minimum Gasteiger partial charge on any atom is -0.496 e. The maximum absolute atomic E-state index is 12.7. The van der Waals surface area contributed by atoms with E-state index < -0.39 is 17.8 Å². The second-order valence-corrected chi connectivity index (χ2v) is 7.55. The Bertz CT molecular complexity index is 1250. The Morgan fingerprint density at radius 3 is 2.03 bits per heavy atom. The molecule has 0 aliphatic rings. The third-order valence-electron chi connectivity index (χ3n) is 4.82. The Morgan fingerprint density at radius 1 is 0.794 bits per heavy atom. The van der Waals surface area contributed by atoms with Crippen LogP contribution in [-0.4, -0.2) is 30.6 Å². The number of amides is 2. The van der Waals surface area contributed by atoms with Crippen LogP contribution in [0.4, 0.5) is 5.69 Å². The van der Waals surface area contributed by atoms with Crippen LogP contribution in [-0.2, 0) is 9.59 Å². The Balaban J connectivity index is 1.71. The van der Waals surface area contributed by atoms with E-state index in [0.29, 0.717) is 22.7 Å². The first kappa shape index (κ1) is 24.2. The van der Waals surface area contributed by atoms with Crippen molar-refractivity contribution in [1.29, 1.82) is 0 Å². The summed E-state index contributed by atoms with van der Waals surface area (Å²) in [6, 6.07) is 18.9. The first-order valence-corrected chi connectivity index (χ1v) is 10.5. The number of nitrogens with one attached hydrogen (secondary N) is 2. The average molecular weight is 460 g/mol. The minimum atomic E-state index is -0.929. The van der Waals surface area contributed by atoms with Crippen LogP contribution in [0.2, 0.25) is 0 Å². The molecule has 0 fully saturated rings. The van der Waals surface area contributed by atoms with E-state index >= 15 is 0 Å². The van der Waals surface area contributed by atoms with Crippen molar-refractivity contribution in [3.63, 3.8) is 0 Å². The van der Waals surface area contributed by atoms with Crippen molar-refractivity contribution in [3.8, 4) is 11.5 Å². The number of methoxy groups -OCH3 is 1. The Morgan fingerprint density at radius 2 is 1.38 bits per heavy atom. The molecule has 3 aromatic rings. The van der Waals surface area contributed by atoms with E-state index in [1.807, 2.05) is 19.9 Å². The zero-order valence-electron chi connectivity index (χ0n) is 19.3. The summed E-state index contributed by atoms with van der Waals surface area (Å²) >= 11 is 0. The topological polar surface area (TPSA) is 106 Å². The number of hydrazone groups is 1. The quantitative estimate of drug-likeness (QED) is 0.190. The molecule has 3 rings (SSSR count). The van der Waals surface area contributed by atoms with Gasteiger partial charge in [0.15, 0.2) is 0 Å². The van der Waals surface area contributed by atoms with E-state index in [0.717, 1.165) is 11.1 Å². The normalized spacial score (nSPS) is 10.9. The molecule has 0 bridgehead atoms. The van der Waals surface area contributed by atoms with Crippen molar-refractivity contribution in [2.24, 2.45) is 5.10 Å². The van der Waals surface area contributed by atoms with Gasteiger partial charge in [-0.1, -0.05) is 30.3 Å².